The Kier molecular flexibility index (Phi) is 43.2. The minimum Gasteiger partial charge on any atom is -0.481 e. The van der Waals surface area contributed by atoms with Gasteiger partial charge in [0.25, 0.3) is 0 Å². The van der Waals surface area contributed by atoms with Crippen LogP contribution in [0.5, 0.6) is 0 Å². The van der Waals surface area contributed by atoms with Gasteiger partial charge < -0.3 is 109 Å². The van der Waals surface area contributed by atoms with E-state index in [-0.39, 0.29) is 102 Å². The molecular formula is C76H119N21O16S. The summed E-state index contributed by atoms with van der Waals surface area (Å²) in [7, 11) is 0. The van der Waals surface area contributed by atoms with Crippen molar-refractivity contribution >= 4 is 112 Å². The normalized spacial score (nSPS) is 23.7. The molecule has 14 atom stereocenters. The van der Waals surface area contributed by atoms with Gasteiger partial charge >= 0.3 is 5.97 Å². The van der Waals surface area contributed by atoms with E-state index in [1.165, 1.54) is 0 Å². The van der Waals surface area contributed by atoms with Crippen LogP contribution < -0.4 is 104 Å². The molecule has 37 nitrogen and oxygen atoms in total. The zero-order chi connectivity index (χ0) is 85.3. The lowest BCUT2D eigenvalue weighted by molar-refractivity contribution is -0.142. The van der Waals surface area contributed by atoms with Crippen molar-refractivity contribution in [3.05, 3.63) is 96.1 Å². The number of thioether (sulfide) groups is 1. The number of guanidine groups is 2. The van der Waals surface area contributed by atoms with Crippen LogP contribution >= 0.6 is 11.8 Å². The van der Waals surface area contributed by atoms with Crippen LogP contribution in [0.2, 0.25) is 0 Å². The van der Waals surface area contributed by atoms with E-state index in [2.05, 4.69) is 85.7 Å². The predicted octanol–water partition coefficient (Wildman–Crippen LogP) is -3.11. The van der Waals surface area contributed by atoms with Gasteiger partial charge in [-0.3, -0.25) is 81.9 Å². The molecule has 0 radical (unpaired) electrons. The van der Waals surface area contributed by atoms with Crippen molar-refractivity contribution in [2.75, 3.05) is 37.7 Å². The number of carboxylic acid groups (broad SMARTS) is 1. The Balaban J connectivity index is 2.39. The molecule has 630 valence electrons. The van der Waals surface area contributed by atoms with E-state index in [1.807, 2.05) is 0 Å². The summed E-state index contributed by atoms with van der Waals surface area (Å²) in [6, 6.07) is -1.62. The molecule has 3 rings (SSSR count). The number of primary amides is 1. The first-order valence-electron chi connectivity index (χ1n) is 38.1. The lowest BCUT2D eigenvalue weighted by atomic mass is 9.94. The summed E-state index contributed by atoms with van der Waals surface area (Å²) in [6.07, 6.45) is 1.48. The number of aliphatic carboxylic acids is 1. The van der Waals surface area contributed by atoms with Gasteiger partial charge in [-0.05, 0) is 86.8 Å². The fourth-order valence-electron chi connectivity index (χ4n) is 11.8. The lowest BCUT2D eigenvalue weighted by Gasteiger charge is -2.32. The number of nitrogens with one attached hydrogen (secondary N) is 13. The third kappa shape index (κ3) is 35.2. The summed E-state index contributed by atoms with van der Waals surface area (Å²) in [5.74, 6) is -19.2. The molecule has 26 N–H and O–H groups in total. The molecule has 1 aliphatic rings. The van der Waals surface area contributed by atoms with Crippen molar-refractivity contribution in [3.63, 3.8) is 0 Å². The Labute approximate surface area is 669 Å². The van der Waals surface area contributed by atoms with E-state index >= 15 is 0 Å². The van der Waals surface area contributed by atoms with Crippen molar-refractivity contribution in [2.45, 2.75) is 212 Å². The molecule has 0 saturated carbocycles. The van der Waals surface area contributed by atoms with Gasteiger partial charge in [0, 0.05) is 38.1 Å². The summed E-state index contributed by atoms with van der Waals surface area (Å²) in [4.78, 5) is 223. The van der Waals surface area contributed by atoms with Gasteiger partial charge in [-0.1, -0.05) is 153 Å². The van der Waals surface area contributed by atoms with Gasteiger partial charge in [-0.15, -0.1) is 11.8 Å². The molecule has 0 bridgehead atoms. The van der Waals surface area contributed by atoms with Gasteiger partial charge in [0.2, 0.25) is 82.7 Å². The number of benzene rings is 2. The second-order valence-corrected chi connectivity index (χ2v) is 29.7. The van der Waals surface area contributed by atoms with Crippen LogP contribution in [-0.2, 0) is 84.8 Å². The number of carbonyl (C=O) groups excluding carboxylic acids is 14. The van der Waals surface area contributed by atoms with Crippen LogP contribution in [0.15, 0.2) is 95.0 Å². The maximum absolute atomic E-state index is 14.9. The summed E-state index contributed by atoms with van der Waals surface area (Å²) in [5, 5.41) is 44.4. The monoisotopic (exact) mass is 1610 g/mol. The fourth-order valence-corrected chi connectivity index (χ4v) is 12.6. The van der Waals surface area contributed by atoms with Crippen molar-refractivity contribution in [1.82, 2.24) is 69.1 Å². The molecule has 1 fully saturated rings. The van der Waals surface area contributed by atoms with Gasteiger partial charge in [0.1, 0.15) is 72.5 Å². The zero-order valence-electron chi connectivity index (χ0n) is 66.4. The fraction of sp³-hybridized carbons (Fsp3) is 0.566. The van der Waals surface area contributed by atoms with Crippen molar-refractivity contribution < 1.29 is 77.0 Å². The van der Waals surface area contributed by atoms with Crippen LogP contribution in [0, 0.1) is 23.7 Å². The Morgan fingerprint density at radius 1 is 0.500 bits per heavy atom. The standard InChI is InChI=1S/C76H119N21O16S/c1-11-23-43(8)34-51-67(106)90-53(36-47-26-18-15-19-27-47)70(109)96-62(45(10)13-3)74(113)95-60(42(6)7)72(111)97-61(44(9)12-2)73(112)89-49(29-21-32-83-75(79)80)64(103)91-54(37-58(100)101)69(108)88-50(30-22-33-84-76(81)82)66(105)94-59(41(4)5)71(110)92-52(35-46-24-16-14-17-25-46)68(107)87-48(28-20-31-77)65(104)93-55(39-114-40-57(99)86-51)63(102)85-38-56(78)98/h11,14-19,23-27,41-42,44-45,48-55,59-62H,8,12-13,20-22,28-40,77H2,1-7,9-10H3,(H2,78,98)(H,85,102)(H,86,99)(H,87,107)(H,88,108)(H,89,112)(H,90,106)(H,91,103)(H,92,110)(H,93,104)(H,94,105)(H,95,113)(H,96,109)(H,97,111)(H,100,101)(H4,79,80,83)(H4,81,82,84)/b23-11-/t44-,45-,48-,49-,50-,51-,52-,53-,54-,55-,59-,60-,61-,62-/m0/s1. The largest absolute Gasteiger partial charge is 0.481 e. The third-order valence-corrected chi connectivity index (χ3v) is 19.6. The highest BCUT2D eigenvalue weighted by Gasteiger charge is 2.40. The van der Waals surface area contributed by atoms with Crippen molar-refractivity contribution in [2.24, 2.45) is 68.1 Å². The van der Waals surface area contributed by atoms with E-state index in [0.717, 1.165) is 11.8 Å². The molecule has 114 heavy (non-hydrogen) atoms. The molecule has 1 saturated heterocycles. The van der Waals surface area contributed by atoms with Crippen LogP contribution in [0.1, 0.15) is 138 Å². The van der Waals surface area contributed by atoms with Gasteiger partial charge in [-0.2, -0.15) is 0 Å². The molecule has 2 aromatic rings. The summed E-state index contributed by atoms with van der Waals surface area (Å²) < 4.78 is 0. The number of allylic oxidation sites excluding steroid dienone is 2. The van der Waals surface area contributed by atoms with E-state index in [4.69, 9.17) is 34.4 Å². The molecule has 0 unspecified atom stereocenters. The predicted molar refractivity (Wildman–Crippen MR) is 431 cm³/mol. The molecule has 0 spiro atoms. The molecule has 38 heteroatoms. The highest BCUT2D eigenvalue weighted by Crippen LogP contribution is 2.18. The molecule has 1 aliphatic heterocycles. The summed E-state index contributed by atoms with van der Waals surface area (Å²) in [6.45, 7) is 18.0. The highest BCUT2D eigenvalue weighted by atomic mass is 32.2. The molecule has 2 aromatic carbocycles. The first-order chi connectivity index (χ1) is 53.9. The topological polar surface area (TPSA) is 614 Å². The van der Waals surface area contributed by atoms with E-state index in [0.29, 0.717) is 23.1 Å². The van der Waals surface area contributed by atoms with E-state index in [9.17, 15) is 77.0 Å². The third-order valence-electron chi connectivity index (χ3n) is 18.5. The Morgan fingerprint density at radius 3 is 1.31 bits per heavy atom. The molecule has 14 amide bonds. The molecule has 0 aromatic heterocycles. The number of nitrogens with zero attached hydrogens (tertiary/aromatic N) is 2. The number of amides is 14. The minimum atomic E-state index is -2.00. The maximum atomic E-state index is 14.9. The Bertz CT molecular complexity index is 3690. The lowest BCUT2D eigenvalue weighted by Crippen LogP contribution is -2.63. The van der Waals surface area contributed by atoms with Gasteiger partial charge in [0.05, 0.1) is 18.7 Å². The van der Waals surface area contributed by atoms with Crippen molar-refractivity contribution in [1.29, 1.82) is 0 Å². The molecule has 0 aliphatic carbocycles. The minimum absolute atomic E-state index is 0.0000194. The zero-order valence-corrected chi connectivity index (χ0v) is 67.3. The van der Waals surface area contributed by atoms with Gasteiger partial charge in [-0.25, -0.2) is 0 Å². The highest BCUT2D eigenvalue weighted by molar-refractivity contribution is 8.00. The SMILES string of the molecule is C=C(/C=C\C)C[C@@H]1NC(=O)CSC[C@@H](C(=O)NCC(N)=O)NC(=O)[C@H](CCCN)NC(=O)[C@H](Cc2ccccc2)NC(=O)[C@H](C(C)C)NC(=O)[C@H](CCCN=C(N)N)NC(=O)[C@H](CC(=O)O)NC(=O)[C@H](CCCN=C(N)N)NC(=O)[C@H]([C@@H](C)CC)NC(=O)[C@H](C(C)C)NC(=O)[C@H]([C@@H](C)CC)NC(=O)[C@H](Cc2ccccc2)NC1=O. The van der Waals surface area contributed by atoms with Crippen LogP contribution in [0.4, 0.5) is 0 Å². The number of aliphatic imine (C=N–C) groups is 2. The Hall–Kier alpha value is -11.2. The molecule has 1 heterocycles. The van der Waals surface area contributed by atoms with Crippen LogP contribution in [0.25, 0.3) is 0 Å². The summed E-state index contributed by atoms with van der Waals surface area (Å²) >= 11 is 0.810. The average Bonchev–Trinajstić information content (AvgIpc) is 0.837. The second kappa shape index (κ2) is 50.7. The number of carbonyl (C=O) groups is 15. The number of rotatable bonds is 29. The van der Waals surface area contributed by atoms with E-state index in [1.54, 1.807) is 135 Å². The average molecular weight is 1610 g/mol. The van der Waals surface area contributed by atoms with Crippen LogP contribution in [-0.4, -0.2) is 216 Å². The maximum Gasteiger partial charge on any atom is 0.305 e. The number of nitrogens with two attached hydrogens (primary N) is 6. The van der Waals surface area contributed by atoms with Gasteiger partial charge in [0.15, 0.2) is 11.9 Å². The first-order valence-corrected chi connectivity index (χ1v) is 39.3. The Morgan fingerprint density at radius 2 is 0.860 bits per heavy atom. The smallest absolute Gasteiger partial charge is 0.305 e. The first kappa shape index (κ1) is 97.0. The number of carboxylic acids is 1. The van der Waals surface area contributed by atoms with Crippen LogP contribution in [0.3, 0.4) is 0 Å². The molecular weight excluding hydrogens is 1500 g/mol. The van der Waals surface area contributed by atoms with Crippen molar-refractivity contribution in [3.8, 4) is 0 Å². The van der Waals surface area contributed by atoms with E-state index < -0.39 is 204 Å². The second-order valence-electron chi connectivity index (χ2n) is 28.6. The number of hydrogen-bond donors (Lipinski definition) is 20. The summed E-state index contributed by atoms with van der Waals surface area (Å²) in [5.41, 5.74) is 35.2. The quantitative estimate of drug-likeness (QED) is 0.0166. The number of hydrogen-bond acceptors (Lipinski definition) is 19.